The number of alkyl halides is 1. The molecule has 0 spiro atoms. The lowest BCUT2D eigenvalue weighted by atomic mass is 9.68. The van der Waals surface area contributed by atoms with E-state index in [2.05, 4.69) is 75.9 Å². The number of carbonyl (C=O) groups excluding carboxylic acids is 1. The number of anilines is 1. The minimum atomic E-state index is -1.84. The number of esters is 1. The number of cyclic esters (lactones) is 1. The van der Waals surface area contributed by atoms with Gasteiger partial charge in [-0.2, -0.15) is 0 Å². The van der Waals surface area contributed by atoms with Crippen molar-refractivity contribution in [1.82, 2.24) is 24.8 Å². The highest BCUT2D eigenvalue weighted by Gasteiger charge is 2.57. The first-order valence-electron chi connectivity index (χ1n) is 32.4. The highest BCUT2D eigenvalue weighted by molar-refractivity contribution is 6.13. The molecule has 3 unspecified atom stereocenters. The van der Waals surface area contributed by atoms with Gasteiger partial charge in [0.1, 0.15) is 48.8 Å². The van der Waals surface area contributed by atoms with Gasteiger partial charge in [-0.05, 0) is 104 Å². The Bertz CT molecular complexity index is 2890. The Kier molecular flexibility index (Phi) is 22.0. The van der Waals surface area contributed by atoms with Crippen molar-refractivity contribution in [1.29, 1.82) is 0 Å². The Balaban J connectivity index is 0.883. The lowest BCUT2D eigenvalue weighted by Gasteiger charge is -2.51. The number of hydrogen-bond donors (Lipinski definition) is 5. The quantitative estimate of drug-likeness (QED) is 0.0488. The van der Waals surface area contributed by atoms with Crippen molar-refractivity contribution in [2.45, 2.75) is 204 Å². The number of hydrogen-bond acceptors (Lipinski definition) is 18. The van der Waals surface area contributed by atoms with E-state index >= 15 is 4.39 Å². The number of piperidine rings is 1. The molecule has 19 nitrogen and oxygen atoms in total. The second-order valence-electron chi connectivity index (χ2n) is 27.6. The van der Waals surface area contributed by atoms with Gasteiger partial charge in [-0.25, -0.2) is 9.07 Å². The van der Waals surface area contributed by atoms with Gasteiger partial charge in [0.2, 0.25) is 0 Å². The number of aromatic nitrogens is 3. The summed E-state index contributed by atoms with van der Waals surface area (Å²) in [6, 6.07) is 27.4. The Morgan fingerprint density at radius 2 is 1.49 bits per heavy atom. The number of aliphatic hydroxyl groups excluding tert-OH is 3. The lowest BCUT2D eigenvalue weighted by molar-refractivity contribution is -0.302. The van der Waals surface area contributed by atoms with E-state index in [4.69, 9.17) is 33.4 Å². The smallest absolute Gasteiger partial charge is 0.309 e. The van der Waals surface area contributed by atoms with Crippen LogP contribution < -0.4 is 4.90 Å². The van der Waals surface area contributed by atoms with Gasteiger partial charge in [-0.1, -0.05) is 106 Å². The molecule has 0 bridgehead atoms. The zero-order valence-electron chi connectivity index (χ0n) is 54.9. The maximum atomic E-state index is 15.3. The first-order valence-corrected chi connectivity index (χ1v) is 32.4. The molecular weight excluding hydrogens is 1140 g/mol. The lowest BCUT2D eigenvalue weighted by Crippen LogP contribution is -2.62. The second kappa shape index (κ2) is 28.6. The SMILES string of the molecule is CC[C@H]1OC(=O)[C@H](C)[C@@H](C2C[C@@](C)(OC)[C@@H](O)[C@H](C)O2)[C@H](C)[C@@H](O[C@@H]2O[C@H](C)C[C@H](N(C)CCc3cn([C@H](CF)[C@H](OC)c4ccc(N5CC6C(N=C(c7ccccc7)c7ccccc7)[C@@H]6C5)cc4)nn3)[C@H]2O)[C@](C)(O)C[C@@H](C)CN(C)[C@H](C)[C@@H](O)[C@]1(C)O. The Morgan fingerprint density at radius 3 is 2.08 bits per heavy atom. The number of likely N-dealkylation sites (N-methyl/N-ethyl adjacent to an activating group) is 2. The average molecular weight is 1240 g/mol. The predicted octanol–water partition coefficient (Wildman–Crippen LogP) is 7.25. The number of aliphatic imine (C=N–C) groups is 1. The molecule has 5 fully saturated rings. The number of benzene rings is 3. The van der Waals surface area contributed by atoms with Crippen molar-refractivity contribution in [3.8, 4) is 0 Å². The minimum absolute atomic E-state index is 0.170. The number of carbonyl (C=O) groups is 1. The molecule has 1 aromatic heterocycles. The number of ether oxygens (including phenoxy) is 6. The third-order valence-corrected chi connectivity index (χ3v) is 20.9. The Hall–Kier alpha value is -4.81. The van der Waals surface area contributed by atoms with Crippen LogP contribution in [-0.4, -0.2) is 213 Å². The summed E-state index contributed by atoms with van der Waals surface area (Å²) in [4.78, 5) is 26.5. The van der Waals surface area contributed by atoms with Crippen molar-refractivity contribution in [3.63, 3.8) is 0 Å². The minimum Gasteiger partial charge on any atom is -0.459 e. The van der Waals surface area contributed by atoms with E-state index in [0.717, 1.165) is 41.2 Å². The van der Waals surface area contributed by atoms with Gasteiger partial charge in [-0.3, -0.25) is 9.79 Å². The van der Waals surface area contributed by atoms with E-state index in [1.807, 2.05) is 75.9 Å². The van der Waals surface area contributed by atoms with Crippen molar-refractivity contribution in [2.24, 2.45) is 40.5 Å². The third-order valence-electron chi connectivity index (χ3n) is 20.9. The van der Waals surface area contributed by atoms with Gasteiger partial charge in [0.05, 0.1) is 59.0 Å². The fourth-order valence-corrected chi connectivity index (χ4v) is 15.5. The van der Waals surface area contributed by atoms with E-state index < -0.39 is 127 Å². The van der Waals surface area contributed by atoms with Crippen LogP contribution in [0.15, 0.2) is 96.1 Å². The molecular formula is C69H102FN7O12. The molecule has 23 atom stereocenters. The van der Waals surface area contributed by atoms with Crippen LogP contribution >= 0.6 is 0 Å². The van der Waals surface area contributed by atoms with Gasteiger partial charge in [0.25, 0.3) is 0 Å². The van der Waals surface area contributed by atoms with Crippen molar-refractivity contribution < 1.29 is 63.1 Å². The van der Waals surface area contributed by atoms with E-state index in [0.29, 0.717) is 43.5 Å². The van der Waals surface area contributed by atoms with Crippen LogP contribution in [0.5, 0.6) is 0 Å². The summed E-state index contributed by atoms with van der Waals surface area (Å²) in [6.45, 7) is 19.8. The van der Waals surface area contributed by atoms with E-state index in [-0.39, 0.29) is 31.2 Å². The summed E-state index contributed by atoms with van der Waals surface area (Å²) in [7, 11) is 6.87. The second-order valence-corrected chi connectivity index (χ2v) is 27.6. The molecule has 0 radical (unpaired) electrons. The van der Waals surface area contributed by atoms with Crippen molar-refractivity contribution in [2.75, 3.05) is 66.1 Å². The molecule has 492 valence electrons. The molecule has 1 aliphatic carbocycles. The molecule has 1 saturated carbocycles. The van der Waals surface area contributed by atoms with E-state index in [9.17, 15) is 30.3 Å². The van der Waals surface area contributed by atoms with Gasteiger partial charge in [0, 0.05) is 106 Å². The highest BCUT2D eigenvalue weighted by Crippen LogP contribution is 2.50. The summed E-state index contributed by atoms with van der Waals surface area (Å²) in [5, 5.41) is 69.6. The van der Waals surface area contributed by atoms with Crippen LogP contribution in [-0.2, 0) is 39.6 Å². The summed E-state index contributed by atoms with van der Waals surface area (Å²) in [5.74, 6) is -2.33. The zero-order chi connectivity index (χ0) is 64.4. The molecule has 5 heterocycles. The number of fused-ring (bicyclic) bond motifs is 1. The number of rotatable bonds is 18. The van der Waals surface area contributed by atoms with E-state index in [1.165, 1.54) is 14.0 Å². The van der Waals surface area contributed by atoms with Crippen LogP contribution in [0.1, 0.15) is 129 Å². The molecule has 89 heavy (non-hydrogen) atoms. The summed E-state index contributed by atoms with van der Waals surface area (Å²) < 4.78 is 55.3. The summed E-state index contributed by atoms with van der Waals surface area (Å²) >= 11 is 0. The van der Waals surface area contributed by atoms with Crippen molar-refractivity contribution in [3.05, 3.63) is 114 Å². The summed E-state index contributed by atoms with van der Waals surface area (Å²) in [6.07, 6.45) is -6.26. The predicted molar refractivity (Wildman–Crippen MR) is 338 cm³/mol. The highest BCUT2D eigenvalue weighted by atomic mass is 19.1. The standard InChI is InChI=1S/C69H102FN7O12/c1-15-56-69(10,83)62(79)44(6)75(12)36-40(2)33-67(8,82)64(42(4)57(43(5)65(81)88-56)55-34-68(9,85-14)63(80)45(7)87-55)89-66-60(78)53(32-41(3)86-66)74(11)31-30-49-37-77(73-72-49)54(35-70)61(84-13)48-26-28-50(29-27-48)76-38-51-52(39-76)59(51)71-58(46-22-18-16-19-23-46)47-24-20-17-21-25-47/h16-29,37,40-45,51-57,59-64,66,78-80,82-83H,15,30-36,38-39H2,1-14H3/t40-,41-,42+,43-,44-,45+,51-,52?,53+,54-,55?,56-,57+,59?,60-,61-,62-,63+,64-,66+,67-,68-,69-/m1/s1. The van der Waals surface area contributed by atoms with Crippen LogP contribution in [0.25, 0.3) is 0 Å². The number of nitrogens with zero attached hydrogens (tertiary/aromatic N) is 7. The van der Waals surface area contributed by atoms with Crippen LogP contribution in [0.3, 0.4) is 0 Å². The first kappa shape index (κ1) is 68.6. The number of halogens is 1. The number of aliphatic hydroxyl groups is 5. The maximum absolute atomic E-state index is 15.3. The topological polar surface area (TPSA) is 226 Å². The molecule has 0 amide bonds. The van der Waals surface area contributed by atoms with Gasteiger partial charge in [-0.15, -0.1) is 5.10 Å². The molecule has 3 aromatic carbocycles. The Morgan fingerprint density at radius 1 is 0.865 bits per heavy atom. The van der Waals surface area contributed by atoms with Gasteiger partial charge in [0.15, 0.2) is 6.29 Å². The molecule has 5 N–H and O–H groups in total. The largest absolute Gasteiger partial charge is 0.459 e. The summed E-state index contributed by atoms with van der Waals surface area (Å²) in [5.41, 5.74) is 1.29. The average Bonchev–Trinajstić information content (AvgIpc) is 1.70. The molecule has 5 aliphatic rings. The van der Waals surface area contributed by atoms with Crippen LogP contribution in [0.4, 0.5) is 10.1 Å². The Labute approximate surface area is 526 Å². The maximum Gasteiger partial charge on any atom is 0.309 e. The first-order chi connectivity index (χ1) is 42.2. The fourth-order valence-electron chi connectivity index (χ4n) is 15.5. The molecule has 4 aromatic rings. The van der Waals surface area contributed by atoms with Gasteiger partial charge >= 0.3 is 5.97 Å². The molecule has 4 saturated heterocycles. The van der Waals surface area contributed by atoms with Crippen LogP contribution in [0.2, 0.25) is 0 Å². The van der Waals surface area contributed by atoms with Crippen molar-refractivity contribution >= 4 is 17.4 Å². The molecule has 9 rings (SSSR count). The normalized spacial score (nSPS) is 38.3. The van der Waals surface area contributed by atoms with E-state index in [1.54, 1.807) is 52.6 Å². The monoisotopic (exact) mass is 1240 g/mol. The zero-order valence-corrected chi connectivity index (χ0v) is 54.9. The fraction of sp³-hybridized carbons (Fsp3) is 0.681. The van der Waals surface area contributed by atoms with Crippen LogP contribution in [0, 0.1) is 35.5 Å². The van der Waals surface area contributed by atoms with Gasteiger partial charge < -0.3 is 68.7 Å². The number of methoxy groups -OCH3 is 2. The third kappa shape index (κ3) is 14.8. The molecule has 20 heteroatoms. The molecule has 4 aliphatic heterocycles.